The SMILES string of the molecule is COc1ccc(F)cc1C(c1ccc(Cl)cc1Cl)N1CCCC1C(=O)O. The summed E-state index contributed by atoms with van der Waals surface area (Å²) in [4.78, 5) is 13.6. The Kier molecular flexibility index (Phi) is 5.70. The van der Waals surface area contributed by atoms with E-state index in [9.17, 15) is 14.3 Å². The van der Waals surface area contributed by atoms with E-state index in [0.29, 0.717) is 39.9 Å². The second-order valence-corrected chi connectivity index (χ2v) is 7.03. The summed E-state index contributed by atoms with van der Waals surface area (Å²) in [6.45, 7) is 0.556. The fourth-order valence-corrected chi connectivity index (χ4v) is 4.04. The molecule has 0 bridgehead atoms. The van der Waals surface area contributed by atoms with Crippen molar-refractivity contribution in [3.05, 3.63) is 63.4 Å². The average molecular weight is 398 g/mol. The predicted octanol–water partition coefficient (Wildman–Crippen LogP) is 4.78. The van der Waals surface area contributed by atoms with Gasteiger partial charge in [-0.2, -0.15) is 0 Å². The molecule has 7 heteroatoms. The van der Waals surface area contributed by atoms with Crippen LogP contribution < -0.4 is 4.74 Å². The van der Waals surface area contributed by atoms with Crippen LogP contribution in [0.4, 0.5) is 4.39 Å². The van der Waals surface area contributed by atoms with Gasteiger partial charge in [0.2, 0.25) is 0 Å². The second kappa shape index (κ2) is 7.82. The van der Waals surface area contributed by atoms with Gasteiger partial charge in [0.05, 0.1) is 13.2 Å². The minimum Gasteiger partial charge on any atom is -0.496 e. The van der Waals surface area contributed by atoms with E-state index in [0.717, 1.165) is 6.42 Å². The lowest BCUT2D eigenvalue weighted by molar-refractivity contribution is -0.142. The van der Waals surface area contributed by atoms with Gasteiger partial charge in [0.1, 0.15) is 17.6 Å². The number of rotatable bonds is 5. The van der Waals surface area contributed by atoms with Gasteiger partial charge >= 0.3 is 5.97 Å². The second-order valence-electron chi connectivity index (χ2n) is 6.19. The molecule has 2 unspecified atom stereocenters. The molecule has 0 aliphatic carbocycles. The van der Waals surface area contributed by atoms with Crippen molar-refractivity contribution in [2.24, 2.45) is 0 Å². The Balaban J connectivity index is 2.20. The molecule has 2 aromatic carbocycles. The third-order valence-corrected chi connectivity index (χ3v) is 5.22. The van der Waals surface area contributed by atoms with Gasteiger partial charge in [0.15, 0.2) is 0 Å². The predicted molar refractivity (Wildman–Crippen MR) is 98.6 cm³/mol. The summed E-state index contributed by atoms with van der Waals surface area (Å²) in [5.74, 6) is -0.867. The highest BCUT2D eigenvalue weighted by Gasteiger charge is 2.38. The molecule has 0 radical (unpaired) electrons. The van der Waals surface area contributed by atoms with E-state index in [2.05, 4.69) is 0 Å². The van der Waals surface area contributed by atoms with Crippen molar-refractivity contribution >= 4 is 29.2 Å². The number of carbonyl (C=O) groups is 1. The number of carboxylic acid groups (broad SMARTS) is 1. The van der Waals surface area contributed by atoms with Gasteiger partial charge in [0, 0.05) is 22.2 Å². The summed E-state index contributed by atoms with van der Waals surface area (Å²) in [6.07, 6.45) is 1.25. The number of carboxylic acids is 1. The molecule has 4 nitrogen and oxygen atoms in total. The van der Waals surface area contributed by atoms with Crippen LogP contribution in [0.1, 0.15) is 30.0 Å². The maximum absolute atomic E-state index is 14.0. The van der Waals surface area contributed by atoms with E-state index >= 15 is 0 Å². The van der Waals surface area contributed by atoms with Gasteiger partial charge in [0.25, 0.3) is 0 Å². The minimum absolute atomic E-state index is 0.393. The maximum Gasteiger partial charge on any atom is 0.320 e. The molecule has 26 heavy (non-hydrogen) atoms. The number of benzene rings is 2. The van der Waals surface area contributed by atoms with Crippen LogP contribution >= 0.6 is 23.2 Å². The van der Waals surface area contributed by atoms with Crippen LogP contribution in [0.2, 0.25) is 10.0 Å². The summed E-state index contributed by atoms with van der Waals surface area (Å²) in [7, 11) is 1.50. The van der Waals surface area contributed by atoms with Gasteiger partial charge in [-0.3, -0.25) is 9.69 Å². The Hall–Kier alpha value is -1.82. The summed E-state index contributed by atoms with van der Waals surface area (Å²) in [5, 5.41) is 10.5. The first kappa shape index (κ1) is 19.0. The third kappa shape index (κ3) is 3.65. The van der Waals surface area contributed by atoms with E-state index in [1.165, 1.54) is 25.3 Å². The first-order valence-electron chi connectivity index (χ1n) is 8.19. The molecule has 0 aromatic heterocycles. The van der Waals surface area contributed by atoms with Crippen molar-refractivity contribution in [3.8, 4) is 5.75 Å². The van der Waals surface area contributed by atoms with Crippen molar-refractivity contribution in [1.29, 1.82) is 0 Å². The summed E-state index contributed by atoms with van der Waals surface area (Å²) in [6, 6.07) is 8.00. The number of likely N-dealkylation sites (tertiary alicyclic amines) is 1. The summed E-state index contributed by atoms with van der Waals surface area (Å²) >= 11 is 12.4. The van der Waals surface area contributed by atoms with Gasteiger partial charge in [-0.25, -0.2) is 4.39 Å². The number of halogens is 3. The zero-order valence-electron chi connectivity index (χ0n) is 14.1. The van der Waals surface area contributed by atoms with Crippen molar-refractivity contribution < 1.29 is 19.0 Å². The number of hydrogen-bond acceptors (Lipinski definition) is 3. The molecule has 0 amide bonds. The molecule has 1 saturated heterocycles. The monoisotopic (exact) mass is 397 g/mol. The van der Waals surface area contributed by atoms with Crippen molar-refractivity contribution in [3.63, 3.8) is 0 Å². The van der Waals surface area contributed by atoms with Crippen LogP contribution in [0, 0.1) is 5.82 Å². The standard InChI is InChI=1S/C19H18Cl2FNO3/c1-26-17-7-5-12(22)10-14(17)18(13-6-4-11(20)9-15(13)21)23-8-2-3-16(23)19(24)25/h4-7,9-10,16,18H,2-3,8H2,1H3,(H,24,25). The van der Waals surface area contributed by atoms with Gasteiger partial charge < -0.3 is 9.84 Å². The molecular weight excluding hydrogens is 380 g/mol. The third-order valence-electron chi connectivity index (χ3n) is 4.65. The number of ether oxygens (including phenoxy) is 1. The van der Waals surface area contributed by atoms with Crippen molar-refractivity contribution in [2.75, 3.05) is 13.7 Å². The molecule has 1 heterocycles. The zero-order valence-corrected chi connectivity index (χ0v) is 15.6. The quantitative estimate of drug-likeness (QED) is 0.788. The minimum atomic E-state index is -0.909. The number of hydrogen-bond donors (Lipinski definition) is 1. The van der Waals surface area contributed by atoms with Crippen molar-refractivity contribution in [1.82, 2.24) is 4.90 Å². The molecule has 3 rings (SSSR count). The van der Waals surface area contributed by atoms with E-state index in [-0.39, 0.29) is 0 Å². The highest BCUT2D eigenvalue weighted by Crippen LogP contribution is 2.42. The van der Waals surface area contributed by atoms with Gasteiger partial charge in [-0.05, 0) is 48.7 Å². The molecule has 0 spiro atoms. The van der Waals surface area contributed by atoms with Crippen LogP contribution in [0.5, 0.6) is 5.75 Å². The summed E-state index contributed by atoms with van der Waals surface area (Å²) < 4.78 is 19.4. The fourth-order valence-electron chi connectivity index (χ4n) is 3.53. The molecule has 1 aliphatic heterocycles. The molecule has 2 aromatic rings. The molecule has 0 saturated carbocycles. The maximum atomic E-state index is 14.0. The van der Waals surface area contributed by atoms with Gasteiger partial charge in [-0.15, -0.1) is 0 Å². The highest BCUT2D eigenvalue weighted by molar-refractivity contribution is 6.35. The summed E-state index contributed by atoms with van der Waals surface area (Å²) in [5.41, 5.74) is 1.19. The van der Waals surface area contributed by atoms with Gasteiger partial charge in [-0.1, -0.05) is 29.3 Å². The van der Waals surface area contributed by atoms with Crippen LogP contribution in [-0.4, -0.2) is 35.7 Å². The number of aliphatic carboxylic acids is 1. The van der Waals surface area contributed by atoms with Crippen LogP contribution in [0.3, 0.4) is 0 Å². The molecular formula is C19H18Cl2FNO3. The Morgan fingerprint density at radius 3 is 2.69 bits per heavy atom. The van der Waals surface area contributed by atoms with E-state index in [1.807, 2.05) is 4.90 Å². The Bertz CT molecular complexity index is 830. The average Bonchev–Trinajstić information content (AvgIpc) is 3.07. The van der Waals surface area contributed by atoms with E-state index < -0.39 is 23.9 Å². The van der Waals surface area contributed by atoms with Crippen LogP contribution in [0.25, 0.3) is 0 Å². The highest BCUT2D eigenvalue weighted by atomic mass is 35.5. The smallest absolute Gasteiger partial charge is 0.320 e. The lowest BCUT2D eigenvalue weighted by atomic mass is 9.95. The molecule has 1 fully saturated rings. The Morgan fingerprint density at radius 1 is 1.27 bits per heavy atom. The molecule has 2 atom stereocenters. The van der Waals surface area contributed by atoms with Crippen LogP contribution in [-0.2, 0) is 4.79 Å². The Morgan fingerprint density at radius 2 is 2.04 bits per heavy atom. The number of methoxy groups -OCH3 is 1. The lowest BCUT2D eigenvalue weighted by Gasteiger charge is -2.33. The zero-order chi connectivity index (χ0) is 18.8. The largest absolute Gasteiger partial charge is 0.496 e. The topological polar surface area (TPSA) is 49.8 Å². The van der Waals surface area contributed by atoms with Crippen LogP contribution in [0.15, 0.2) is 36.4 Å². The normalized spacial score (nSPS) is 18.7. The molecule has 1 aliphatic rings. The first-order valence-corrected chi connectivity index (χ1v) is 8.95. The van der Waals surface area contributed by atoms with E-state index in [1.54, 1.807) is 18.2 Å². The number of nitrogens with zero attached hydrogens (tertiary/aromatic N) is 1. The first-order chi connectivity index (χ1) is 12.4. The fraction of sp³-hybridized carbons (Fsp3) is 0.316. The van der Waals surface area contributed by atoms with Crippen molar-refractivity contribution in [2.45, 2.75) is 24.9 Å². The van der Waals surface area contributed by atoms with E-state index in [4.69, 9.17) is 27.9 Å². The molecule has 138 valence electrons. The lowest BCUT2D eigenvalue weighted by Crippen LogP contribution is -2.39. The molecule has 1 N–H and O–H groups in total. The Labute approximate surface area is 161 Å².